The first-order valence-electron chi connectivity index (χ1n) is 26.0. The molecule has 0 atom stereocenters. The number of carbonyl (C=O) groups is 2. The number of benzene rings is 4. The number of hydrogen-bond acceptors (Lipinski definition) is 10. The smallest absolute Gasteiger partial charge is 0.412 e. The second-order valence-electron chi connectivity index (χ2n) is 20.8. The van der Waals surface area contributed by atoms with Crippen LogP contribution in [0.3, 0.4) is 0 Å². The molecule has 8 bridgehead atoms. The fraction of sp³-hybridized carbons (Fsp3) is 0.552. The lowest BCUT2D eigenvalue weighted by Crippen LogP contribution is -2.27. The highest BCUT2D eigenvalue weighted by atomic mass is 16.6. The van der Waals surface area contributed by atoms with Crippen LogP contribution in [0, 0.1) is 0 Å². The molecule has 0 fully saturated rings. The van der Waals surface area contributed by atoms with Crippen LogP contribution in [0.5, 0.6) is 23.0 Å². The number of nitrogens with two attached hydrogens (primary N) is 2. The number of fused-ring (bicyclic) bond motifs is 8. The SMILES string of the molecule is CCCCCOc1c2cc(N)cc1Cc1cc(NC(=O)OC(C)(C)C)cc(c1OCCCCC)Cc1cc(NC(=O)OC(C)(C)C)cc(c1OCCCCC)Cc1cc(N)cc(c1OCCCCC)C2. The third kappa shape index (κ3) is 17.3. The molecule has 6 N–H and O–H groups in total. The number of nitrogen functional groups attached to an aromatic ring is 2. The predicted octanol–water partition coefficient (Wildman–Crippen LogP) is 14.5. The van der Waals surface area contributed by atoms with Crippen LogP contribution in [-0.2, 0) is 35.2 Å². The van der Waals surface area contributed by atoms with Gasteiger partial charge in [0.25, 0.3) is 0 Å². The Morgan fingerprint density at radius 1 is 0.414 bits per heavy atom. The van der Waals surface area contributed by atoms with Crippen molar-refractivity contribution >= 4 is 34.9 Å². The maximum Gasteiger partial charge on any atom is 0.412 e. The Kier molecular flexibility index (Phi) is 20.8. The molecule has 2 amide bonds. The van der Waals surface area contributed by atoms with Gasteiger partial charge in [-0.25, -0.2) is 9.59 Å². The lowest BCUT2D eigenvalue weighted by atomic mass is 9.90. The van der Waals surface area contributed by atoms with Crippen molar-refractivity contribution in [2.24, 2.45) is 0 Å². The lowest BCUT2D eigenvalue weighted by molar-refractivity contribution is 0.0624. The first-order chi connectivity index (χ1) is 33.4. The third-order valence-electron chi connectivity index (χ3n) is 11.8. The van der Waals surface area contributed by atoms with E-state index in [9.17, 15) is 9.59 Å². The Balaban J connectivity index is 1.89. The second kappa shape index (κ2) is 26.4. The quantitative estimate of drug-likeness (QED) is 0.0387. The largest absolute Gasteiger partial charge is 0.493 e. The lowest BCUT2D eigenvalue weighted by Gasteiger charge is -2.25. The highest BCUT2D eigenvalue weighted by Crippen LogP contribution is 2.43. The Morgan fingerprint density at radius 3 is 0.857 bits per heavy atom. The van der Waals surface area contributed by atoms with Gasteiger partial charge < -0.3 is 39.9 Å². The summed E-state index contributed by atoms with van der Waals surface area (Å²) in [6.45, 7) is 21.8. The van der Waals surface area contributed by atoms with Gasteiger partial charge >= 0.3 is 12.2 Å². The molecular formula is C58H84N4O8. The number of anilines is 4. The topological polar surface area (TPSA) is 166 Å². The number of hydrogen-bond donors (Lipinski definition) is 4. The molecule has 0 heterocycles. The summed E-state index contributed by atoms with van der Waals surface area (Å²) in [5, 5.41) is 6.10. The van der Waals surface area contributed by atoms with Crippen molar-refractivity contribution in [3.05, 3.63) is 93.0 Å². The summed E-state index contributed by atoms with van der Waals surface area (Å²) in [6.07, 6.45) is 12.1. The van der Waals surface area contributed by atoms with Crippen molar-refractivity contribution < 1.29 is 38.0 Å². The molecule has 0 saturated carbocycles. The molecule has 1 aliphatic carbocycles. The van der Waals surface area contributed by atoms with Gasteiger partial charge in [0.2, 0.25) is 0 Å². The highest BCUT2D eigenvalue weighted by molar-refractivity contribution is 5.87. The summed E-state index contributed by atoms with van der Waals surface area (Å²) < 4.78 is 39.2. The van der Waals surface area contributed by atoms with Crippen molar-refractivity contribution in [3.63, 3.8) is 0 Å². The van der Waals surface area contributed by atoms with E-state index in [-0.39, 0.29) is 0 Å². The molecule has 0 radical (unpaired) electrons. The first-order valence-corrected chi connectivity index (χ1v) is 26.0. The van der Waals surface area contributed by atoms with Crippen molar-refractivity contribution in [1.82, 2.24) is 0 Å². The summed E-state index contributed by atoms with van der Waals surface area (Å²) >= 11 is 0. The Labute approximate surface area is 419 Å². The minimum Gasteiger partial charge on any atom is -0.493 e. The Bertz CT molecular complexity index is 2190. The summed E-state index contributed by atoms with van der Waals surface area (Å²) in [7, 11) is 0. The van der Waals surface area contributed by atoms with E-state index in [2.05, 4.69) is 38.3 Å². The van der Waals surface area contributed by atoms with Crippen molar-refractivity contribution in [1.29, 1.82) is 0 Å². The molecule has 0 aromatic heterocycles. The van der Waals surface area contributed by atoms with E-state index >= 15 is 0 Å². The van der Waals surface area contributed by atoms with Crippen molar-refractivity contribution in [2.75, 3.05) is 48.5 Å². The van der Waals surface area contributed by atoms with E-state index in [1.165, 1.54) is 0 Å². The zero-order valence-corrected chi connectivity index (χ0v) is 44.2. The Hall–Kier alpha value is -5.78. The molecule has 384 valence electrons. The van der Waals surface area contributed by atoms with Crippen LogP contribution in [0.25, 0.3) is 0 Å². The number of nitrogens with one attached hydrogen (secondary N) is 2. The van der Waals surface area contributed by atoms with Crippen LogP contribution < -0.4 is 41.0 Å². The van der Waals surface area contributed by atoms with Gasteiger partial charge in [0.1, 0.15) is 34.2 Å². The molecular weight excluding hydrogens is 881 g/mol. The number of unbranched alkanes of at least 4 members (excludes halogenated alkanes) is 8. The number of ether oxygens (including phenoxy) is 6. The number of amides is 2. The molecule has 70 heavy (non-hydrogen) atoms. The molecule has 12 nitrogen and oxygen atoms in total. The van der Waals surface area contributed by atoms with E-state index in [0.29, 0.717) is 86.4 Å². The molecule has 5 rings (SSSR count). The van der Waals surface area contributed by atoms with Gasteiger partial charge in [0, 0.05) is 92.9 Å². The van der Waals surface area contributed by atoms with Crippen LogP contribution in [0.4, 0.5) is 32.3 Å². The van der Waals surface area contributed by atoms with E-state index in [4.69, 9.17) is 39.9 Å². The van der Waals surface area contributed by atoms with Gasteiger partial charge in [0.05, 0.1) is 26.4 Å². The zero-order valence-electron chi connectivity index (χ0n) is 44.2. The maximum absolute atomic E-state index is 13.6. The summed E-state index contributed by atoms with van der Waals surface area (Å²) in [5.41, 5.74) is 21.5. The average Bonchev–Trinajstić information content (AvgIpc) is 3.25. The van der Waals surface area contributed by atoms with E-state index in [1.807, 2.05) is 90.1 Å². The summed E-state index contributed by atoms with van der Waals surface area (Å²) in [6, 6.07) is 15.8. The Morgan fingerprint density at radius 2 is 0.643 bits per heavy atom. The van der Waals surface area contributed by atoms with Crippen LogP contribution in [0.2, 0.25) is 0 Å². The minimum atomic E-state index is -0.726. The maximum atomic E-state index is 13.6. The molecule has 1 aliphatic rings. The standard InChI is InChI=1S/C58H84N4O8/c1-11-15-19-23-65-51-39-27-40-32-48(60)34-42(52(40)66-24-20-16-12-2)29-44-36-50(62-56(64)70-58(8,9)10)38-46(54(44)68-26-22-18-14-4)30-45-37-49(61-55(63)69-57(5,6)7)35-43(28-41(51)33-47(59)31-39)53(45)67-25-21-17-13-3/h31-38H,11-30,59-60H2,1-10H3,(H,61,63)(H,62,64). The number of carbonyl (C=O) groups excluding carboxylic acids is 2. The molecule has 0 spiro atoms. The van der Waals surface area contributed by atoms with Gasteiger partial charge in [-0.2, -0.15) is 0 Å². The average molecular weight is 965 g/mol. The normalized spacial score (nSPS) is 12.5. The fourth-order valence-corrected chi connectivity index (χ4v) is 8.78. The predicted molar refractivity (Wildman–Crippen MR) is 286 cm³/mol. The molecule has 0 aliphatic heterocycles. The van der Waals surface area contributed by atoms with E-state index in [0.717, 1.165) is 133 Å². The van der Waals surface area contributed by atoms with Crippen LogP contribution >= 0.6 is 0 Å². The third-order valence-corrected chi connectivity index (χ3v) is 11.8. The second-order valence-corrected chi connectivity index (χ2v) is 20.8. The first kappa shape index (κ1) is 55.2. The van der Waals surface area contributed by atoms with Crippen LogP contribution in [0.1, 0.15) is 191 Å². The molecule has 4 aromatic rings. The van der Waals surface area contributed by atoms with E-state index < -0.39 is 23.4 Å². The minimum absolute atomic E-state index is 0.311. The van der Waals surface area contributed by atoms with Crippen LogP contribution in [-0.4, -0.2) is 49.8 Å². The van der Waals surface area contributed by atoms with Gasteiger partial charge in [-0.15, -0.1) is 0 Å². The summed E-state index contributed by atoms with van der Waals surface area (Å²) in [4.78, 5) is 27.2. The monoisotopic (exact) mass is 965 g/mol. The van der Waals surface area contributed by atoms with Gasteiger partial charge in [-0.1, -0.05) is 79.1 Å². The van der Waals surface area contributed by atoms with Crippen molar-refractivity contribution in [3.8, 4) is 23.0 Å². The fourth-order valence-electron chi connectivity index (χ4n) is 8.78. The van der Waals surface area contributed by atoms with Crippen LogP contribution in [0.15, 0.2) is 48.5 Å². The molecule has 0 unspecified atom stereocenters. The van der Waals surface area contributed by atoms with E-state index in [1.54, 1.807) is 0 Å². The zero-order chi connectivity index (χ0) is 50.8. The molecule has 12 heteroatoms. The van der Waals surface area contributed by atoms with Gasteiger partial charge in [-0.3, -0.25) is 10.6 Å². The molecule has 4 aromatic carbocycles. The highest BCUT2D eigenvalue weighted by Gasteiger charge is 2.26. The van der Waals surface area contributed by atoms with Gasteiger partial charge in [-0.05, 0) is 116 Å². The molecule has 0 saturated heterocycles. The summed E-state index contributed by atoms with van der Waals surface area (Å²) in [5.74, 6) is 2.91. The van der Waals surface area contributed by atoms with Gasteiger partial charge in [0.15, 0.2) is 0 Å². The van der Waals surface area contributed by atoms with Crippen molar-refractivity contribution in [2.45, 2.75) is 183 Å². The number of rotatable bonds is 22.